The predicted octanol–water partition coefficient (Wildman–Crippen LogP) is 3.82. The number of hydrogen-bond acceptors (Lipinski definition) is 4. The molecule has 27 heavy (non-hydrogen) atoms. The van der Waals surface area contributed by atoms with Gasteiger partial charge in [-0.1, -0.05) is 18.2 Å². The first-order valence-electron chi connectivity index (χ1n) is 8.80. The average Bonchev–Trinajstić information content (AvgIpc) is 3.20. The highest BCUT2D eigenvalue weighted by Gasteiger charge is 2.44. The van der Waals surface area contributed by atoms with E-state index in [9.17, 15) is 18.0 Å². The number of aromatic nitrogens is 2. The maximum Gasteiger partial charge on any atom is 0.416 e. The van der Waals surface area contributed by atoms with Crippen LogP contribution in [0.2, 0.25) is 0 Å². The molecule has 1 aromatic heterocycles. The quantitative estimate of drug-likeness (QED) is 0.881. The molecule has 5 nitrogen and oxygen atoms in total. The third-order valence-corrected chi connectivity index (χ3v) is 5.67. The van der Waals surface area contributed by atoms with E-state index < -0.39 is 17.7 Å². The van der Waals surface area contributed by atoms with E-state index in [2.05, 4.69) is 10.2 Å². The predicted molar refractivity (Wildman–Crippen MR) is 91.6 cm³/mol. The van der Waals surface area contributed by atoms with Gasteiger partial charge in [0, 0.05) is 13.1 Å². The van der Waals surface area contributed by atoms with Crippen molar-refractivity contribution in [1.82, 2.24) is 10.2 Å². The summed E-state index contributed by atoms with van der Waals surface area (Å²) in [6, 6.07) is 7.33. The summed E-state index contributed by atoms with van der Waals surface area (Å²) in [5.74, 6) is -0.111. The molecule has 2 fully saturated rings. The Morgan fingerprint density at radius 3 is 2.44 bits per heavy atom. The van der Waals surface area contributed by atoms with Crippen LogP contribution in [0.15, 0.2) is 36.5 Å². The molecular formula is C19H18F3N3O2. The molecular weight excluding hydrogens is 359 g/mol. The molecule has 1 aliphatic heterocycles. The van der Waals surface area contributed by atoms with Gasteiger partial charge in [-0.25, -0.2) is 4.79 Å². The van der Waals surface area contributed by atoms with E-state index >= 15 is 0 Å². The van der Waals surface area contributed by atoms with Gasteiger partial charge in [-0.15, -0.1) is 5.10 Å². The van der Waals surface area contributed by atoms with Crippen LogP contribution in [0.25, 0.3) is 0 Å². The third-order valence-electron chi connectivity index (χ3n) is 5.67. The van der Waals surface area contributed by atoms with Crippen molar-refractivity contribution in [2.24, 2.45) is 11.8 Å². The third kappa shape index (κ3) is 3.36. The molecule has 0 spiro atoms. The van der Waals surface area contributed by atoms with Gasteiger partial charge in [-0.05, 0) is 48.3 Å². The van der Waals surface area contributed by atoms with E-state index in [1.165, 1.54) is 18.3 Å². The summed E-state index contributed by atoms with van der Waals surface area (Å²) in [5, 5.41) is 16.9. The van der Waals surface area contributed by atoms with Crippen molar-refractivity contribution in [3.63, 3.8) is 0 Å². The molecule has 1 aliphatic carbocycles. The van der Waals surface area contributed by atoms with Crippen molar-refractivity contribution < 1.29 is 23.1 Å². The second-order valence-electron chi connectivity index (χ2n) is 7.29. The molecule has 3 atom stereocenters. The Balaban J connectivity index is 1.50. The van der Waals surface area contributed by atoms with Gasteiger partial charge in [-0.2, -0.15) is 18.3 Å². The lowest BCUT2D eigenvalue weighted by Crippen LogP contribution is -2.23. The zero-order valence-corrected chi connectivity index (χ0v) is 14.4. The molecule has 1 unspecified atom stereocenters. The number of nitrogens with zero attached hydrogens (tertiary/aromatic N) is 3. The number of hydrogen-bond donors (Lipinski definition) is 1. The zero-order valence-electron chi connectivity index (χ0n) is 14.4. The molecule has 1 N–H and O–H groups in total. The number of anilines is 1. The number of halogens is 3. The molecule has 1 saturated carbocycles. The molecule has 0 bridgehead atoms. The molecule has 8 heteroatoms. The zero-order chi connectivity index (χ0) is 19.2. The Morgan fingerprint density at radius 1 is 1.15 bits per heavy atom. The van der Waals surface area contributed by atoms with Crippen LogP contribution in [0.1, 0.15) is 40.2 Å². The fraction of sp³-hybridized carbons (Fsp3) is 0.421. The molecule has 142 valence electrons. The van der Waals surface area contributed by atoms with Crippen LogP contribution in [0.3, 0.4) is 0 Å². The van der Waals surface area contributed by atoms with Gasteiger partial charge in [0.2, 0.25) is 0 Å². The standard InChI is InChI=1S/C19H18F3N3O2/c20-19(21,22)16-4-2-1-3-15(16)11-5-13-9-25(10-14(13)6-11)17-7-12(18(26)27)8-23-24-17/h1-4,7-8,11,13-14H,5-6,9-10H2,(H,26,27)/t11?,13-,14+. The summed E-state index contributed by atoms with van der Waals surface area (Å²) < 4.78 is 39.9. The van der Waals surface area contributed by atoms with Crippen molar-refractivity contribution >= 4 is 11.8 Å². The second-order valence-corrected chi connectivity index (χ2v) is 7.29. The number of alkyl halides is 3. The van der Waals surface area contributed by atoms with Gasteiger partial charge in [0.05, 0.1) is 17.3 Å². The van der Waals surface area contributed by atoms with E-state index in [0.29, 0.717) is 37.3 Å². The number of carboxylic acid groups (broad SMARTS) is 1. The summed E-state index contributed by atoms with van der Waals surface area (Å²) in [7, 11) is 0. The van der Waals surface area contributed by atoms with Gasteiger partial charge < -0.3 is 10.0 Å². The van der Waals surface area contributed by atoms with Crippen LogP contribution in [0.5, 0.6) is 0 Å². The largest absolute Gasteiger partial charge is 0.478 e. The molecule has 1 aromatic carbocycles. The van der Waals surface area contributed by atoms with Gasteiger partial charge in [0.25, 0.3) is 0 Å². The lowest BCUT2D eigenvalue weighted by Gasteiger charge is -2.22. The van der Waals surface area contributed by atoms with Crippen molar-refractivity contribution in [2.45, 2.75) is 24.9 Å². The van der Waals surface area contributed by atoms with E-state index in [0.717, 1.165) is 6.07 Å². The number of carbonyl (C=O) groups is 1. The van der Waals surface area contributed by atoms with Crippen LogP contribution >= 0.6 is 0 Å². The van der Waals surface area contributed by atoms with Crippen LogP contribution in [-0.2, 0) is 6.18 Å². The SMILES string of the molecule is O=C(O)c1cnnc(N2C[C@H]3CC(c4ccccc4C(F)(F)F)C[C@H]3C2)c1. The minimum absolute atomic E-state index is 0.0778. The fourth-order valence-corrected chi connectivity index (χ4v) is 4.48. The van der Waals surface area contributed by atoms with Gasteiger partial charge >= 0.3 is 12.1 Å². The van der Waals surface area contributed by atoms with Crippen molar-refractivity contribution in [3.8, 4) is 0 Å². The molecule has 2 heterocycles. The first-order valence-corrected chi connectivity index (χ1v) is 8.80. The summed E-state index contributed by atoms with van der Waals surface area (Å²) >= 11 is 0. The highest BCUT2D eigenvalue weighted by Crippen LogP contribution is 2.49. The maximum absolute atomic E-state index is 13.3. The average molecular weight is 377 g/mol. The van der Waals surface area contributed by atoms with E-state index in [4.69, 9.17) is 5.11 Å². The maximum atomic E-state index is 13.3. The highest BCUT2D eigenvalue weighted by atomic mass is 19.4. The van der Waals surface area contributed by atoms with Gasteiger partial charge in [0.1, 0.15) is 0 Å². The molecule has 2 aliphatic rings. The first-order chi connectivity index (χ1) is 12.8. The Labute approximate surface area is 153 Å². The first kappa shape index (κ1) is 17.8. The Hall–Kier alpha value is -2.64. The Kier molecular flexibility index (Phi) is 4.28. The molecule has 0 radical (unpaired) electrons. The number of rotatable bonds is 3. The number of benzene rings is 1. The lowest BCUT2D eigenvalue weighted by molar-refractivity contribution is -0.138. The summed E-state index contributed by atoms with van der Waals surface area (Å²) in [6.45, 7) is 1.32. The number of carboxylic acids is 1. The lowest BCUT2D eigenvalue weighted by atomic mass is 9.91. The fourth-order valence-electron chi connectivity index (χ4n) is 4.48. The minimum atomic E-state index is -4.34. The van der Waals surface area contributed by atoms with Crippen LogP contribution in [-0.4, -0.2) is 34.4 Å². The highest BCUT2D eigenvalue weighted by molar-refractivity contribution is 5.88. The summed E-state index contributed by atoms with van der Waals surface area (Å²) in [4.78, 5) is 13.1. The molecule has 1 saturated heterocycles. The molecule has 2 aromatic rings. The van der Waals surface area contributed by atoms with Crippen LogP contribution < -0.4 is 4.90 Å². The van der Waals surface area contributed by atoms with Crippen molar-refractivity contribution in [1.29, 1.82) is 0 Å². The normalized spacial score (nSPS) is 24.9. The van der Waals surface area contributed by atoms with E-state index in [1.807, 2.05) is 4.90 Å². The summed E-state index contributed by atoms with van der Waals surface area (Å²) in [5.41, 5.74) is -0.0699. The van der Waals surface area contributed by atoms with Gasteiger partial charge in [0.15, 0.2) is 5.82 Å². The monoisotopic (exact) mass is 377 g/mol. The van der Waals surface area contributed by atoms with E-state index in [1.54, 1.807) is 12.1 Å². The van der Waals surface area contributed by atoms with Gasteiger partial charge in [-0.3, -0.25) is 0 Å². The Bertz CT molecular complexity index is 857. The molecule has 4 rings (SSSR count). The van der Waals surface area contributed by atoms with Crippen LogP contribution in [0, 0.1) is 11.8 Å². The summed E-state index contributed by atoms with van der Waals surface area (Å²) in [6.07, 6.45) is -1.75. The van der Waals surface area contributed by atoms with E-state index in [-0.39, 0.29) is 23.3 Å². The van der Waals surface area contributed by atoms with Crippen molar-refractivity contribution in [2.75, 3.05) is 18.0 Å². The molecule has 0 amide bonds. The minimum Gasteiger partial charge on any atom is -0.478 e. The second kappa shape index (κ2) is 6.51. The number of fused-ring (bicyclic) bond motifs is 1. The Morgan fingerprint density at radius 2 is 1.81 bits per heavy atom. The van der Waals surface area contributed by atoms with Crippen LogP contribution in [0.4, 0.5) is 19.0 Å². The number of aromatic carboxylic acids is 1. The smallest absolute Gasteiger partial charge is 0.416 e. The van der Waals surface area contributed by atoms with Crippen molar-refractivity contribution in [3.05, 3.63) is 53.2 Å². The topological polar surface area (TPSA) is 66.3 Å².